The highest BCUT2D eigenvalue weighted by Crippen LogP contribution is 2.21. The molecule has 0 saturated carbocycles. The van der Waals surface area contributed by atoms with Crippen LogP contribution in [-0.4, -0.2) is 21.9 Å². The number of rotatable bonds is 3. The average molecular weight is 297 g/mol. The van der Waals surface area contributed by atoms with Gasteiger partial charge < -0.3 is 11.1 Å². The van der Waals surface area contributed by atoms with E-state index < -0.39 is 0 Å². The van der Waals surface area contributed by atoms with Crippen molar-refractivity contribution in [1.29, 1.82) is 0 Å². The fraction of sp³-hybridized carbons (Fsp3) is 0.188. The number of carbonyl (C=O) groups excluding carboxylic acids is 1. The minimum atomic E-state index is -0.165. The van der Waals surface area contributed by atoms with E-state index >= 15 is 0 Å². The van der Waals surface area contributed by atoms with Gasteiger partial charge in [-0.2, -0.15) is 0 Å². The molecule has 21 heavy (non-hydrogen) atoms. The molecule has 2 aromatic rings. The maximum Gasteiger partial charge on any atom is 0.270 e. The van der Waals surface area contributed by atoms with Crippen molar-refractivity contribution in [3.8, 4) is 0 Å². The first-order valence-electron chi connectivity index (χ1n) is 6.77. The van der Waals surface area contributed by atoms with E-state index in [1.165, 1.54) is 17.3 Å². The Hall–Kier alpha value is -2.27. The topological polar surface area (TPSA) is 68.0 Å². The average Bonchev–Trinajstić information content (AvgIpc) is 2.89. The second kappa shape index (κ2) is 5.61. The van der Waals surface area contributed by atoms with Gasteiger partial charge in [-0.25, -0.2) is 0 Å². The summed E-state index contributed by atoms with van der Waals surface area (Å²) in [4.78, 5) is 16.6. The minimum Gasteiger partial charge on any atom is -0.389 e. The molecule has 1 amide bonds. The van der Waals surface area contributed by atoms with Crippen LogP contribution in [0.1, 0.15) is 27.2 Å². The lowest BCUT2D eigenvalue weighted by molar-refractivity contribution is 0.0933. The summed E-state index contributed by atoms with van der Waals surface area (Å²) in [5.74, 6) is -0.165. The Labute approximate surface area is 128 Å². The number of hydrogen-bond acceptors (Lipinski definition) is 3. The van der Waals surface area contributed by atoms with Crippen LogP contribution in [0, 0.1) is 0 Å². The van der Waals surface area contributed by atoms with Crippen molar-refractivity contribution in [2.75, 3.05) is 0 Å². The van der Waals surface area contributed by atoms with E-state index in [1.54, 1.807) is 12.1 Å². The number of fused-ring (bicyclic) bond motifs is 1. The fourth-order valence-electron chi connectivity index (χ4n) is 2.59. The monoisotopic (exact) mass is 297 g/mol. The molecule has 1 heterocycles. The molecule has 3 rings (SSSR count). The SMILES string of the molecule is NC(=S)c1ccc(C(=O)NC2Cc3ccccc3C2)nc1. The second-order valence-corrected chi connectivity index (χ2v) is 5.58. The van der Waals surface area contributed by atoms with Crippen molar-refractivity contribution < 1.29 is 4.79 Å². The van der Waals surface area contributed by atoms with E-state index in [0.717, 1.165) is 12.8 Å². The van der Waals surface area contributed by atoms with Crippen LogP contribution < -0.4 is 11.1 Å². The maximum atomic E-state index is 12.2. The Bertz CT molecular complexity index is 672. The van der Waals surface area contributed by atoms with Crippen LogP contribution in [0.5, 0.6) is 0 Å². The standard InChI is InChI=1S/C16H15N3OS/c17-15(21)12-5-6-14(18-9-12)16(20)19-13-7-10-3-1-2-4-11(10)8-13/h1-6,9,13H,7-8H2,(H2,17,21)(H,19,20). The van der Waals surface area contributed by atoms with Crippen molar-refractivity contribution in [3.05, 3.63) is 65.0 Å². The lowest BCUT2D eigenvalue weighted by atomic mass is 10.1. The van der Waals surface area contributed by atoms with Gasteiger partial charge in [-0.15, -0.1) is 0 Å². The summed E-state index contributed by atoms with van der Waals surface area (Å²) in [5.41, 5.74) is 9.16. The predicted molar refractivity (Wildman–Crippen MR) is 85.2 cm³/mol. The highest BCUT2D eigenvalue weighted by Gasteiger charge is 2.23. The molecule has 0 saturated heterocycles. The largest absolute Gasteiger partial charge is 0.389 e. The third-order valence-corrected chi connectivity index (χ3v) is 3.90. The lowest BCUT2D eigenvalue weighted by Gasteiger charge is -2.11. The fourth-order valence-corrected chi connectivity index (χ4v) is 2.71. The van der Waals surface area contributed by atoms with E-state index in [2.05, 4.69) is 22.4 Å². The molecule has 0 radical (unpaired) electrons. The molecule has 5 heteroatoms. The van der Waals surface area contributed by atoms with Gasteiger partial charge in [-0.05, 0) is 36.1 Å². The van der Waals surface area contributed by atoms with Gasteiger partial charge in [0.2, 0.25) is 0 Å². The van der Waals surface area contributed by atoms with Gasteiger partial charge in [0.15, 0.2) is 0 Å². The van der Waals surface area contributed by atoms with Crippen molar-refractivity contribution in [2.45, 2.75) is 18.9 Å². The normalized spacial score (nSPS) is 13.7. The summed E-state index contributed by atoms with van der Waals surface area (Å²) < 4.78 is 0. The summed E-state index contributed by atoms with van der Waals surface area (Å²) in [5, 5.41) is 3.03. The maximum absolute atomic E-state index is 12.2. The summed E-state index contributed by atoms with van der Waals surface area (Å²) in [6.07, 6.45) is 3.26. The zero-order chi connectivity index (χ0) is 14.8. The Kier molecular flexibility index (Phi) is 3.66. The van der Waals surface area contributed by atoms with Crippen molar-refractivity contribution in [3.63, 3.8) is 0 Å². The quantitative estimate of drug-likeness (QED) is 0.845. The third-order valence-electron chi connectivity index (χ3n) is 3.67. The van der Waals surface area contributed by atoms with Crippen LogP contribution in [0.25, 0.3) is 0 Å². The summed E-state index contributed by atoms with van der Waals surface area (Å²) in [6, 6.07) is 11.8. The molecule has 0 bridgehead atoms. The van der Waals surface area contributed by atoms with Crippen molar-refractivity contribution in [2.24, 2.45) is 5.73 Å². The number of carbonyl (C=O) groups is 1. The number of benzene rings is 1. The Morgan fingerprint density at radius 1 is 1.19 bits per heavy atom. The molecule has 1 aromatic carbocycles. The van der Waals surface area contributed by atoms with Crippen LogP contribution in [0.15, 0.2) is 42.6 Å². The summed E-state index contributed by atoms with van der Waals surface area (Å²) >= 11 is 4.86. The number of pyridine rings is 1. The first-order valence-corrected chi connectivity index (χ1v) is 7.18. The number of nitrogens with one attached hydrogen (secondary N) is 1. The molecular weight excluding hydrogens is 282 g/mol. The number of amides is 1. The highest BCUT2D eigenvalue weighted by atomic mass is 32.1. The van der Waals surface area contributed by atoms with Crippen molar-refractivity contribution >= 4 is 23.1 Å². The predicted octanol–water partition coefficient (Wildman–Crippen LogP) is 1.61. The molecule has 0 atom stereocenters. The molecule has 0 spiro atoms. The van der Waals surface area contributed by atoms with Gasteiger partial charge in [0.1, 0.15) is 10.7 Å². The van der Waals surface area contributed by atoms with Crippen molar-refractivity contribution in [1.82, 2.24) is 10.3 Å². The highest BCUT2D eigenvalue weighted by molar-refractivity contribution is 7.80. The number of aromatic nitrogens is 1. The van der Waals surface area contributed by atoms with Crippen LogP contribution >= 0.6 is 12.2 Å². The van der Waals surface area contributed by atoms with E-state index in [1.807, 2.05) is 12.1 Å². The van der Waals surface area contributed by atoms with E-state index in [0.29, 0.717) is 11.3 Å². The van der Waals surface area contributed by atoms with Gasteiger partial charge in [0.05, 0.1) is 0 Å². The molecule has 4 nitrogen and oxygen atoms in total. The number of thiocarbonyl (C=S) groups is 1. The van der Waals surface area contributed by atoms with Gasteiger partial charge in [0.25, 0.3) is 5.91 Å². The lowest BCUT2D eigenvalue weighted by Crippen LogP contribution is -2.35. The van der Waals surface area contributed by atoms with Gasteiger partial charge in [-0.1, -0.05) is 36.5 Å². The Morgan fingerprint density at radius 3 is 2.38 bits per heavy atom. The first-order chi connectivity index (χ1) is 10.1. The molecule has 3 N–H and O–H groups in total. The van der Waals surface area contributed by atoms with Gasteiger partial charge in [-0.3, -0.25) is 9.78 Å². The Morgan fingerprint density at radius 2 is 1.86 bits per heavy atom. The smallest absolute Gasteiger partial charge is 0.270 e. The number of nitrogens with two attached hydrogens (primary N) is 1. The zero-order valence-electron chi connectivity index (χ0n) is 11.4. The third kappa shape index (κ3) is 2.92. The van der Waals surface area contributed by atoms with E-state index in [4.69, 9.17) is 18.0 Å². The second-order valence-electron chi connectivity index (χ2n) is 5.14. The van der Waals surface area contributed by atoms with E-state index in [9.17, 15) is 4.79 Å². The molecule has 106 valence electrons. The van der Waals surface area contributed by atoms with E-state index in [-0.39, 0.29) is 16.9 Å². The summed E-state index contributed by atoms with van der Waals surface area (Å²) in [6.45, 7) is 0. The molecule has 1 aromatic heterocycles. The minimum absolute atomic E-state index is 0.131. The summed E-state index contributed by atoms with van der Waals surface area (Å²) in [7, 11) is 0. The van der Waals surface area contributed by atoms with Crippen LogP contribution in [0.3, 0.4) is 0 Å². The zero-order valence-corrected chi connectivity index (χ0v) is 12.2. The molecule has 1 aliphatic rings. The van der Waals surface area contributed by atoms with Gasteiger partial charge >= 0.3 is 0 Å². The van der Waals surface area contributed by atoms with Crippen LogP contribution in [0.2, 0.25) is 0 Å². The Balaban J connectivity index is 1.66. The molecule has 0 unspecified atom stereocenters. The molecule has 1 aliphatic carbocycles. The molecule has 0 aliphatic heterocycles. The first kappa shape index (κ1) is 13.7. The van der Waals surface area contributed by atoms with Crippen LogP contribution in [-0.2, 0) is 12.8 Å². The molecular formula is C16H15N3OS. The molecule has 0 fully saturated rings. The van der Waals surface area contributed by atoms with Crippen LogP contribution in [0.4, 0.5) is 0 Å². The number of nitrogens with zero attached hydrogens (tertiary/aromatic N) is 1. The number of hydrogen-bond donors (Lipinski definition) is 2. The van der Waals surface area contributed by atoms with Gasteiger partial charge in [0, 0.05) is 17.8 Å².